The third-order valence-corrected chi connectivity index (χ3v) is 7.57. The molecule has 0 aliphatic heterocycles. The molecule has 0 saturated carbocycles. The molecule has 0 saturated heterocycles. The highest BCUT2D eigenvalue weighted by atomic mass is 32.2. The Hall–Kier alpha value is -4.56. The lowest BCUT2D eigenvalue weighted by Gasteiger charge is -2.09. The third kappa shape index (κ3) is 5.37. The Morgan fingerprint density at radius 2 is 1.18 bits per heavy atom. The summed E-state index contributed by atoms with van der Waals surface area (Å²) in [6, 6.07) is 23.4. The molecule has 4 N–H and O–H groups in total. The van der Waals surface area contributed by atoms with E-state index in [2.05, 4.69) is 20.5 Å². The van der Waals surface area contributed by atoms with E-state index in [0.717, 1.165) is 0 Å². The molecule has 5 aromatic carbocycles. The second kappa shape index (κ2) is 9.96. The Kier molecular flexibility index (Phi) is 6.66. The number of hydrogen-bond acceptors (Lipinski definition) is 9. The van der Waals surface area contributed by atoms with Gasteiger partial charge in [0.15, 0.2) is 0 Å². The molecule has 0 spiro atoms. The predicted molar refractivity (Wildman–Crippen MR) is 147 cm³/mol. The summed E-state index contributed by atoms with van der Waals surface area (Å²) in [4.78, 5) is -0.717. The normalized spacial score (nSPS) is 12.7. The maximum atomic E-state index is 11.9. The Morgan fingerprint density at radius 3 is 1.85 bits per heavy atom. The number of benzene rings is 5. The van der Waals surface area contributed by atoms with Gasteiger partial charge in [-0.2, -0.15) is 21.9 Å². The zero-order valence-electron chi connectivity index (χ0n) is 19.9. The molecule has 11 nitrogen and oxygen atoms in total. The first-order chi connectivity index (χ1) is 18.5. The fraction of sp³-hybridized carbons (Fsp3) is 0. The molecule has 0 bridgehead atoms. The van der Waals surface area contributed by atoms with Gasteiger partial charge in [-0.05, 0) is 54.6 Å². The number of azo groups is 2. The molecule has 0 atom stereocenters. The van der Waals surface area contributed by atoms with E-state index in [1.165, 1.54) is 42.5 Å². The van der Waals surface area contributed by atoms with E-state index in [0.29, 0.717) is 27.5 Å². The highest BCUT2D eigenvalue weighted by molar-refractivity contribution is 7.86. The average Bonchev–Trinajstić information content (AvgIpc) is 2.91. The van der Waals surface area contributed by atoms with Crippen molar-refractivity contribution in [2.75, 3.05) is 5.73 Å². The lowest BCUT2D eigenvalue weighted by Crippen LogP contribution is -2.01. The van der Waals surface area contributed by atoms with Crippen molar-refractivity contribution in [3.05, 3.63) is 91.0 Å². The predicted octanol–water partition coefficient (Wildman–Crippen LogP) is 6.90. The summed E-state index contributed by atoms with van der Waals surface area (Å²) in [5, 5.41) is 18.3. The van der Waals surface area contributed by atoms with Crippen LogP contribution in [0.1, 0.15) is 0 Å². The first kappa shape index (κ1) is 26.1. The van der Waals surface area contributed by atoms with Gasteiger partial charge in [0, 0.05) is 27.2 Å². The number of nitrogens with zero attached hydrogens (tertiary/aromatic N) is 4. The summed E-state index contributed by atoms with van der Waals surface area (Å²) in [6.07, 6.45) is 0. The van der Waals surface area contributed by atoms with Gasteiger partial charge in [-0.25, -0.2) is 0 Å². The highest BCUT2D eigenvalue weighted by Gasteiger charge is 2.18. The maximum Gasteiger partial charge on any atom is 0.295 e. The van der Waals surface area contributed by atoms with E-state index in [4.69, 9.17) is 5.73 Å². The second-order valence-corrected chi connectivity index (χ2v) is 11.2. The maximum absolute atomic E-state index is 11.9. The van der Waals surface area contributed by atoms with Crippen molar-refractivity contribution in [2.45, 2.75) is 9.79 Å². The van der Waals surface area contributed by atoms with Crippen molar-refractivity contribution >= 4 is 70.2 Å². The molecule has 13 heteroatoms. The minimum Gasteiger partial charge on any atom is -0.398 e. The molecule has 0 aliphatic carbocycles. The van der Waals surface area contributed by atoms with E-state index in [-0.39, 0.29) is 32.2 Å². The van der Waals surface area contributed by atoms with Crippen molar-refractivity contribution in [3.63, 3.8) is 0 Å². The fourth-order valence-electron chi connectivity index (χ4n) is 4.03. The van der Waals surface area contributed by atoms with Crippen molar-refractivity contribution in [1.29, 1.82) is 0 Å². The monoisotopic (exact) mass is 561 g/mol. The molecule has 0 aliphatic rings. The van der Waals surface area contributed by atoms with E-state index in [1.807, 2.05) is 18.2 Å². The Morgan fingerprint density at radius 1 is 0.564 bits per heavy atom. The zero-order valence-corrected chi connectivity index (χ0v) is 21.5. The first-order valence-corrected chi connectivity index (χ1v) is 14.1. The van der Waals surface area contributed by atoms with Gasteiger partial charge in [0.25, 0.3) is 20.2 Å². The molecule has 0 amide bonds. The zero-order chi connectivity index (χ0) is 27.8. The van der Waals surface area contributed by atoms with Gasteiger partial charge >= 0.3 is 0 Å². The molecule has 5 rings (SSSR count). The molecular weight excluding hydrogens is 542 g/mol. The van der Waals surface area contributed by atoms with Crippen LogP contribution in [-0.4, -0.2) is 25.9 Å². The number of nitrogens with two attached hydrogens (primary N) is 1. The minimum atomic E-state index is -4.57. The van der Waals surface area contributed by atoms with Crippen LogP contribution in [0.25, 0.3) is 21.5 Å². The van der Waals surface area contributed by atoms with Gasteiger partial charge in [-0.15, -0.1) is 15.3 Å². The average molecular weight is 562 g/mol. The van der Waals surface area contributed by atoms with Crippen LogP contribution in [0.3, 0.4) is 0 Å². The van der Waals surface area contributed by atoms with Crippen LogP contribution in [0, 0.1) is 0 Å². The van der Waals surface area contributed by atoms with Gasteiger partial charge < -0.3 is 5.73 Å². The van der Waals surface area contributed by atoms with Crippen molar-refractivity contribution in [1.82, 2.24) is 0 Å². The van der Waals surface area contributed by atoms with Crippen molar-refractivity contribution in [2.24, 2.45) is 20.5 Å². The first-order valence-electron chi connectivity index (χ1n) is 11.2. The SMILES string of the molecule is Nc1ccc(/N=N/c2ccc(/N=N/c3ccccc3)c3ccc(S(=O)(=O)O)cc23)c2cccc(S(=O)(=O)O)c12. The Balaban J connectivity index is 1.67. The molecule has 5 aromatic rings. The van der Waals surface area contributed by atoms with Crippen LogP contribution >= 0.6 is 0 Å². The molecule has 0 aromatic heterocycles. The molecule has 0 heterocycles. The van der Waals surface area contributed by atoms with E-state index >= 15 is 0 Å². The van der Waals surface area contributed by atoms with Crippen LogP contribution < -0.4 is 5.73 Å². The molecule has 196 valence electrons. The summed E-state index contributed by atoms with van der Waals surface area (Å²) in [5.74, 6) is 0. The van der Waals surface area contributed by atoms with E-state index in [9.17, 15) is 25.9 Å². The number of anilines is 1. The second-order valence-electron chi connectivity index (χ2n) is 8.35. The summed E-state index contributed by atoms with van der Waals surface area (Å²) < 4.78 is 66.7. The van der Waals surface area contributed by atoms with E-state index < -0.39 is 20.2 Å². The third-order valence-electron chi connectivity index (χ3n) is 5.82. The molecule has 0 unspecified atom stereocenters. The van der Waals surface area contributed by atoms with Gasteiger partial charge in [0.05, 0.1) is 27.6 Å². The van der Waals surface area contributed by atoms with Crippen LogP contribution in [-0.2, 0) is 20.2 Å². The summed E-state index contributed by atoms with van der Waals surface area (Å²) >= 11 is 0. The summed E-state index contributed by atoms with van der Waals surface area (Å²) in [7, 11) is -9.09. The number of rotatable bonds is 6. The largest absolute Gasteiger partial charge is 0.398 e. The lowest BCUT2D eigenvalue weighted by molar-refractivity contribution is 0.481. The van der Waals surface area contributed by atoms with Crippen molar-refractivity contribution in [3.8, 4) is 0 Å². The van der Waals surface area contributed by atoms with Gasteiger partial charge in [-0.3, -0.25) is 9.11 Å². The number of fused-ring (bicyclic) bond motifs is 2. The van der Waals surface area contributed by atoms with Crippen molar-refractivity contribution < 1.29 is 25.9 Å². The lowest BCUT2D eigenvalue weighted by atomic mass is 10.1. The Labute approximate surface area is 222 Å². The van der Waals surface area contributed by atoms with Gasteiger partial charge in [0.2, 0.25) is 0 Å². The summed E-state index contributed by atoms with van der Waals surface area (Å²) in [5.41, 5.74) is 7.64. The molecule has 39 heavy (non-hydrogen) atoms. The minimum absolute atomic E-state index is 0.0895. The van der Waals surface area contributed by atoms with Gasteiger partial charge in [0.1, 0.15) is 4.90 Å². The quantitative estimate of drug-likeness (QED) is 0.114. The van der Waals surface area contributed by atoms with Crippen LogP contribution in [0.15, 0.2) is 121 Å². The fourth-order valence-corrected chi connectivity index (χ4v) is 5.27. The van der Waals surface area contributed by atoms with E-state index in [1.54, 1.807) is 30.3 Å². The smallest absolute Gasteiger partial charge is 0.295 e. The Bertz CT molecular complexity index is 2030. The molecule has 0 fully saturated rings. The number of nitrogen functional groups attached to an aromatic ring is 1. The standard InChI is InChI=1S/C26H19N5O6S2/c27-21-11-12-23(19-7-4-8-25(26(19)21)39(35,36)37)30-31-24-14-13-22(29-28-16-5-2-1-3-6-16)18-10-9-17(15-20(18)24)38(32,33)34/h1-15H,27H2,(H,32,33,34)(H,35,36,37)/b29-28+,31-30+. The van der Waals surface area contributed by atoms with Crippen LogP contribution in [0.4, 0.5) is 28.4 Å². The molecular formula is C26H19N5O6S2. The topological polar surface area (TPSA) is 184 Å². The number of hydrogen-bond donors (Lipinski definition) is 3. The van der Waals surface area contributed by atoms with Crippen LogP contribution in [0.2, 0.25) is 0 Å². The highest BCUT2D eigenvalue weighted by Crippen LogP contribution is 2.39. The van der Waals surface area contributed by atoms with Crippen LogP contribution in [0.5, 0.6) is 0 Å². The molecule has 0 radical (unpaired) electrons. The van der Waals surface area contributed by atoms with Gasteiger partial charge in [-0.1, -0.05) is 36.4 Å². The summed E-state index contributed by atoms with van der Waals surface area (Å²) in [6.45, 7) is 0.